The van der Waals surface area contributed by atoms with Crippen LogP contribution in [-0.2, 0) is 14.3 Å². The minimum atomic E-state index is -0.895. The lowest BCUT2D eigenvalue weighted by atomic mass is 9.86. The van der Waals surface area contributed by atoms with Crippen molar-refractivity contribution in [2.75, 3.05) is 6.61 Å². The van der Waals surface area contributed by atoms with Gasteiger partial charge in [-0.1, -0.05) is 60.7 Å². The number of carbonyl (C=O) groups is 1. The summed E-state index contributed by atoms with van der Waals surface area (Å²) < 4.78 is 11.7. The Bertz CT molecular complexity index is 1060. The van der Waals surface area contributed by atoms with Crippen LogP contribution in [0, 0.1) is 0 Å². The van der Waals surface area contributed by atoms with Crippen LogP contribution in [0.2, 0.25) is 5.02 Å². The summed E-state index contributed by atoms with van der Waals surface area (Å²) in [4.78, 5) is 13.1. The molecule has 156 valence electrons. The van der Waals surface area contributed by atoms with E-state index in [4.69, 9.17) is 21.1 Å². The molecule has 0 aliphatic carbocycles. The van der Waals surface area contributed by atoms with Gasteiger partial charge in [0.05, 0.1) is 12.2 Å². The van der Waals surface area contributed by atoms with Gasteiger partial charge in [0.15, 0.2) is 6.10 Å². The van der Waals surface area contributed by atoms with Gasteiger partial charge < -0.3 is 9.47 Å². The van der Waals surface area contributed by atoms with E-state index in [-0.39, 0.29) is 6.61 Å². The third-order valence-electron chi connectivity index (χ3n) is 4.71. The van der Waals surface area contributed by atoms with E-state index in [1.54, 1.807) is 13.0 Å². The summed E-state index contributed by atoms with van der Waals surface area (Å²) in [5.74, 6) is -0.416. The van der Waals surface area contributed by atoms with Crippen molar-refractivity contribution in [1.82, 2.24) is 0 Å². The molecular formula is C26H27ClO3. The molecule has 0 N–H and O–H groups in total. The molecule has 0 fully saturated rings. The highest BCUT2D eigenvalue weighted by Gasteiger charge is 2.33. The summed E-state index contributed by atoms with van der Waals surface area (Å²) in [6.45, 7) is 11.8. The Balaban J connectivity index is 2.40. The number of esters is 1. The molecule has 0 saturated carbocycles. The topological polar surface area (TPSA) is 35.5 Å². The lowest BCUT2D eigenvalue weighted by molar-refractivity contribution is -0.166. The van der Waals surface area contributed by atoms with Crippen LogP contribution in [0.4, 0.5) is 0 Å². The van der Waals surface area contributed by atoms with Crippen molar-refractivity contribution in [3.63, 3.8) is 0 Å². The lowest BCUT2D eigenvalue weighted by Gasteiger charge is -2.29. The van der Waals surface area contributed by atoms with Crippen LogP contribution in [0.15, 0.2) is 61.2 Å². The second-order valence-electron chi connectivity index (χ2n) is 8.05. The molecule has 1 atom stereocenters. The number of carbonyl (C=O) groups excluding carboxylic acids is 1. The molecule has 0 bridgehead atoms. The molecule has 0 amide bonds. The van der Waals surface area contributed by atoms with E-state index in [0.29, 0.717) is 5.02 Å². The van der Waals surface area contributed by atoms with Crippen LogP contribution < -0.4 is 0 Å². The fraction of sp³-hybridized carbons (Fsp3) is 0.269. The molecule has 4 heteroatoms. The Morgan fingerprint density at radius 3 is 2.40 bits per heavy atom. The molecule has 3 rings (SSSR count). The van der Waals surface area contributed by atoms with Gasteiger partial charge in [-0.3, -0.25) is 0 Å². The van der Waals surface area contributed by atoms with Crippen molar-refractivity contribution in [1.29, 1.82) is 0 Å². The molecule has 30 heavy (non-hydrogen) atoms. The van der Waals surface area contributed by atoms with Crippen molar-refractivity contribution >= 4 is 34.4 Å². The summed E-state index contributed by atoms with van der Waals surface area (Å²) in [6, 6.07) is 17.7. The molecule has 3 aromatic carbocycles. The average Bonchev–Trinajstić information content (AvgIpc) is 2.71. The maximum Gasteiger partial charge on any atom is 0.340 e. The second kappa shape index (κ2) is 9.03. The monoisotopic (exact) mass is 422 g/mol. The van der Waals surface area contributed by atoms with E-state index in [1.165, 1.54) is 0 Å². The largest absolute Gasteiger partial charge is 0.464 e. The molecule has 0 unspecified atom stereocenters. The quantitative estimate of drug-likeness (QED) is 0.393. The zero-order valence-corrected chi connectivity index (χ0v) is 18.6. The maximum absolute atomic E-state index is 13.1. The van der Waals surface area contributed by atoms with Gasteiger partial charge >= 0.3 is 5.97 Å². The Morgan fingerprint density at radius 1 is 1.13 bits per heavy atom. The molecule has 0 spiro atoms. The van der Waals surface area contributed by atoms with Crippen molar-refractivity contribution in [3.8, 4) is 11.1 Å². The fourth-order valence-electron chi connectivity index (χ4n) is 3.56. The maximum atomic E-state index is 13.1. The van der Waals surface area contributed by atoms with Crippen LogP contribution in [0.3, 0.4) is 0 Å². The van der Waals surface area contributed by atoms with E-state index in [1.807, 2.05) is 63.2 Å². The first kappa shape index (κ1) is 22.1. The van der Waals surface area contributed by atoms with E-state index in [2.05, 4.69) is 18.7 Å². The number of benzene rings is 3. The number of hydrogen-bond donors (Lipinski definition) is 0. The molecule has 3 nitrogen and oxygen atoms in total. The van der Waals surface area contributed by atoms with Crippen molar-refractivity contribution in [3.05, 3.63) is 77.3 Å². The molecule has 0 radical (unpaired) electrons. The first-order valence-electron chi connectivity index (χ1n) is 10.0. The third-order valence-corrected chi connectivity index (χ3v) is 4.96. The van der Waals surface area contributed by atoms with Crippen molar-refractivity contribution in [2.45, 2.75) is 39.4 Å². The number of fused-ring (bicyclic) bond motifs is 1. The van der Waals surface area contributed by atoms with Crippen LogP contribution in [-0.4, -0.2) is 18.2 Å². The standard InChI is InChI=1S/C26H27ClO3/c1-6-17-16-19-10-8-9-11-21(19)22(18-12-14-20(27)15-13-18)23(17)24(25(28)29-7-2)30-26(3,4)5/h6,8-16,24H,1,7H2,2-5H3/t24-/m0/s1. The third kappa shape index (κ3) is 4.75. The second-order valence-corrected chi connectivity index (χ2v) is 8.49. The van der Waals surface area contributed by atoms with E-state index in [9.17, 15) is 4.79 Å². The smallest absolute Gasteiger partial charge is 0.340 e. The van der Waals surface area contributed by atoms with Crippen molar-refractivity contribution < 1.29 is 14.3 Å². The summed E-state index contributed by atoms with van der Waals surface area (Å²) in [5, 5.41) is 2.73. The van der Waals surface area contributed by atoms with Crippen LogP contribution in [0.5, 0.6) is 0 Å². The highest BCUT2D eigenvalue weighted by molar-refractivity contribution is 6.30. The Kier molecular flexibility index (Phi) is 6.64. The van der Waals surface area contributed by atoms with Gasteiger partial charge in [-0.05, 0) is 73.4 Å². The zero-order valence-electron chi connectivity index (χ0n) is 17.9. The van der Waals surface area contributed by atoms with Gasteiger partial charge in [-0.15, -0.1) is 0 Å². The van der Waals surface area contributed by atoms with Gasteiger partial charge in [0, 0.05) is 10.6 Å². The minimum Gasteiger partial charge on any atom is -0.464 e. The van der Waals surface area contributed by atoms with Crippen LogP contribution >= 0.6 is 11.6 Å². The summed E-state index contributed by atoms with van der Waals surface area (Å²) in [6.07, 6.45) is 0.868. The fourth-order valence-corrected chi connectivity index (χ4v) is 3.69. The Morgan fingerprint density at radius 2 is 1.80 bits per heavy atom. The highest BCUT2D eigenvalue weighted by Crippen LogP contribution is 2.41. The molecule has 0 saturated heterocycles. The van der Waals surface area contributed by atoms with Gasteiger partial charge in [0.2, 0.25) is 0 Å². The average molecular weight is 423 g/mol. The molecule has 0 aromatic heterocycles. The molecule has 3 aromatic rings. The first-order valence-corrected chi connectivity index (χ1v) is 10.4. The van der Waals surface area contributed by atoms with Crippen LogP contribution in [0.1, 0.15) is 44.9 Å². The Labute approximate surface area is 183 Å². The number of halogens is 1. The van der Waals surface area contributed by atoms with Gasteiger partial charge in [-0.2, -0.15) is 0 Å². The Hall–Kier alpha value is -2.62. The number of ether oxygens (including phenoxy) is 2. The minimum absolute atomic E-state index is 0.274. The summed E-state index contributed by atoms with van der Waals surface area (Å²) in [7, 11) is 0. The number of hydrogen-bond acceptors (Lipinski definition) is 3. The van der Waals surface area contributed by atoms with Gasteiger partial charge in [0.1, 0.15) is 0 Å². The summed E-state index contributed by atoms with van der Waals surface area (Å²) in [5.41, 5.74) is 2.89. The summed E-state index contributed by atoms with van der Waals surface area (Å²) >= 11 is 6.14. The normalized spacial score (nSPS) is 12.6. The predicted octanol–water partition coefficient (Wildman–Crippen LogP) is 7.22. The SMILES string of the molecule is C=Cc1cc2ccccc2c(-c2ccc(Cl)cc2)c1[C@H](OC(C)(C)C)C(=O)OCC. The zero-order chi connectivity index (χ0) is 21.9. The lowest BCUT2D eigenvalue weighted by Crippen LogP contribution is -2.29. The predicted molar refractivity (Wildman–Crippen MR) is 125 cm³/mol. The molecular weight excluding hydrogens is 396 g/mol. The van der Waals surface area contributed by atoms with Gasteiger partial charge in [0.25, 0.3) is 0 Å². The molecule has 0 heterocycles. The van der Waals surface area contributed by atoms with Gasteiger partial charge in [-0.25, -0.2) is 4.79 Å². The highest BCUT2D eigenvalue weighted by atomic mass is 35.5. The van der Waals surface area contributed by atoms with E-state index < -0.39 is 17.7 Å². The molecule has 0 aliphatic rings. The molecule has 0 aliphatic heterocycles. The van der Waals surface area contributed by atoms with E-state index >= 15 is 0 Å². The van der Waals surface area contributed by atoms with Crippen LogP contribution in [0.25, 0.3) is 28.0 Å². The number of rotatable bonds is 6. The van der Waals surface area contributed by atoms with E-state index in [0.717, 1.165) is 33.0 Å². The first-order chi connectivity index (χ1) is 14.2. The van der Waals surface area contributed by atoms with Crippen molar-refractivity contribution in [2.24, 2.45) is 0 Å².